The summed E-state index contributed by atoms with van der Waals surface area (Å²) in [4.78, 5) is 13.1. The van der Waals surface area contributed by atoms with Crippen molar-refractivity contribution in [1.82, 2.24) is 4.90 Å². The number of aliphatic carboxylic acids is 1. The summed E-state index contributed by atoms with van der Waals surface area (Å²) >= 11 is 2.30. The van der Waals surface area contributed by atoms with Crippen molar-refractivity contribution in [3.8, 4) is 5.75 Å². The molecule has 20 heavy (non-hydrogen) atoms. The molecular formula is C15H18INO3. The first kappa shape index (κ1) is 14.1. The Balaban J connectivity index is 1.78. The van der Waals surface area contributed by atoms with Gasteiger partial charge in [-0.3, -0.25) is 9.69 Å². The van der Waals surface area contributed by atoms with Gasteiger partial charge < -0.3 is 9.84 Å². The fourth-order valence-corrected chi connectivity index (χ4v) is 3.72. The maximum atomic E-state index is 11.1. The van der Waals surface area contributed by atoms with Gasteiger partial charge in [0.1, 0.15) is 11.8 Å². The van der Waals surface area contributed by atoms with E-state index in [1.807, 2.05) is 0 Å². The third-order valence-electron chi connectivity index (χ3n) is 4.68. The number of hydrogen-bond acceptors (Lipinski definition) is 3. The summed E-state index contributed by atoms with van der Waals surface area (Å²) in [6.07, 6.45) is 1.94. The van der Waals surface area contributed by atoms with Gasteiger partial charge in [-0.15, -0.1) is 0 Å². The molecule has 1 atom stereocenters. The predicted octanol–water partition coefficient (Wildman–Crippen LogP) is 2.49. The number of carbonyl (C=O) groups is 1. The maximum absolute atomic E-state index is 11.1. The smallest absolute Gasteiger partial charge is 0.320 e. The summed E-state index contributed by atoms with van der Waals surface area (Å²) in [5.74, 6) is 0.273. The summed E-state index contributed by atoms with van der Waals surface area (Å²) in [5.41, 5.74) is 1.40. The maximum Gasteiger partial charge on any atom is 0.320 e. The predicted molar refractivity (Wildman–Crippen MR) is 84.2 cm³/mol. The first-order chi connectivity index (χ1) is 9.52. The molecule has 1 aromatic rings. The average molecular weight is 387 g/mol. The Morgan fingerprint density at radius 3 is 2.80 bits per heavy atom. The molecule has 1 saturated heterocycles. The van der Waals surface area contributed by atoms with Crippen LogP contribution in [0.2, 0.25) is 0 Å². The largest absolute Gasteiger partial charge is 0.492 e. The zero-order valence-corrected chi connectivity index (χ0v) is 13.6. The Kier molecular flexibility index (Phi) is 3.66. The Bertz CT molecular complexity index is 538. The standard InChI is InChI=1S/C15H18INO3/c1-10(14(18)19)17-6-4-15(5-7-17)9-20-13-8-11(16)2-3-12(13)15/h2-3,8,10H,4-7,9H2,1H3,(H,18,19). The lowest BCUT2D eigenvalue weighted by Crippen LogP contribution is -2.49. The van der Waals surface area contributed by atoms with E-state index in [0.29, 0.717) is 0 Å². The molecule has 1 spiro atoms. The van der Waals surface area contributed by atoms with Crippen molar-refractivity contribution < 1.29 is 14.6 Å². The van der Waals surface area contributed by atoms with Crippen LogP contribution >= 0.6 is 22.6 Å². The van der Waals surface area contributed by atoms with Gasteiger partial charge in [0.15, 0.2) is 0 Å². The number of ether oxygens (including phenoxy) is 1. The summed E-state index contributed by atoms with van der Waals surface area (Å²) in [7, 11) is 0. The lowest BCUT2D eigenvalue weighted by molar-refractivity contribution is -0.143. The van der Waals surface area contributed by atoms with Crippen molar-refractivity contribution in [3.05, 3.63) is 27.3 Å². The monoisotopic (exact) mass is 387 g/mol. The first-order valence-electron chi connectivity index (χ1n) is 6.91. The number of carboxylic acid groups (broad SMARTS) is 1. The molecule has 1 N–H and O–H groups in total. The number of halogens is 1. The Hall–Kier alpha value is -0.820. The highest BCUT2D eigenvalue weighted by molar-refractivity contribution is 14.1. The fourth-order valence-electron chi connectivity index (χ4n) is 3.26. The first-order valence-corrected chi connectivity index (χ1v) is 7.99. The SMILES string of the molecule is CC(C(=O)O)N1CCC2(CC1)COc1cc(I)ccc12. The molecule has 5 heteroatoms. The zero-order valence-electron chi connectivity index (χ0n) is 11.4. The Morgan fingerprint density at radius 1 is 1.45 bits per heavy atom. The van der Waals surface area contributed by atoms with Crippen molar-refractivity contribution in [1.29, 1.82) is 0 Å². The normalized spacial score (nSPS) is 22.3. The number of carboxylic acids is 1. The molecule has 4 nitrogen and oxygen atoms in total. The second-order valence-electron chi connectivity index (χ2n) is 5.76. The van der Waals surface area contributed by atoms with Crippen LogP contribution in [-0.2, 0) is 10.2 Å². The van der Waals surface area contributed by atoms with E-state index in [0.717, 1.165) is 38.3 Å². The zero-order chi connectivity index (χ0) is 14.3. The van der Waals surface area contributed by atoms with Crippen molar-refractivity contribution in [2.24, 2.45) is 0 Å². The van der Waals surface area contributed by atoms with Gasteiger partial charge in [-0.25, -0.2) is 0 Å². The molecule has 1 unspecified atom stereocenters. The van der Waals surface area contributed by atoms with E-state index in [-0.39, 0.29) is 5.41 Å². The van der Waals surface area contributed by atoms with Gasteiger partial charge in [-0.1, -0.05) is 6.07 Å². The van der Waals surface area contributed by atoms with E-state index in [4.69, 9.17) is 9.84 Å². The average Bonchev–Trinajstić information content (AvgIpc) is 2.77. The van der Waals surface area contributed by atoms with Crippen molar-refractivity contribution in [2.45, 2.75) is 31.2 Å². The van der Waals surface area contributed by atoms with Crippen LogP contribution in [0.3, 0.4) is 0 Å². The molecule has 2 aliphatic rings. The Morgan fingerprint density at radius 2 is 2.15 bits per heavy atom. The number of rotatable bonds is 2. The van der Waals surface area contributed by atoms with E-state index in [2.05, 4.69) is 45.7 Å². The molecule has 1 fully saturated rings. The third kappa shape index (κ3) is 2.30. The minimum Gasteiger partial charge on any atom is -0.492 e. The number of nitrogens with zero attached hydrogens (tertiary/aromatic N) is 1. The van der Waals surface area contributed by atoms with Crippen LogP contribution in [0, 0.1) is 3.57 Å². The molecule has 0 radical (unpaired) electrons. The number of hydrogen-bond donors (Lipinski definition) is 1. The van der Waals surface area contributed by atoms with Crippen LogP contribution in [0.1, 0.15) is 25.3 Å². The van der Waals surface area contributed by atoms with Gasteiger partial charge in [0.2, 0.25) is 0 Å². The molecule has 108 valence electrons. The summed E-state index contributed by atoms with van der Waals surface area (Å²) in [5, 5.41) is 9.11. The van der Waals surface area contributed by atoms with Crippen molar-refractivity contribution >= 4 is 28.6 Å². The van der Waals surface area contributed by atoms with Gasteiger partial charge in [-0.05, 0) is 67.6 Å². The molecule has 0 aromatic heterocycles. The molecule has 0 aliphatic carbocycles. The number of fused-ring (bicyclic) bond motifs is 2. The van der Waals surface area contributed by atoms with Crippen molar-refractivity contribution in [2.75, 3.05) is 19.7 Å². The molecular weight excluding hydrogens is 369 g/mol. The molecule has 0 amide bonds. The summed E-state index contributed by atoms with van der Waals surface area (Å²) < 4.78 is 7.07. The van der Waals surface area contributed by atoms with Gasteiger partial charge in [0.05, 0.1) is 6.61 Å². The molecule has 2 aliphatic heterocycles. The van der Waals surface area contributed by atoms with Crippen LogP contribution in [0.25, 0.3) is 0 Å². The minimum atomic E-state index is -0.737. The van der Waals surface area contributed by atoms with E-state index in [9.17, 15) is 4.79 Å². The lowest BCUT2D eigenvalue weighted by Gasteiger charge is -2.40. The van der Waals surface area contributed by atoms with Crippen LogP contribution in [-0.4, -0.2) is 41.7 Å². The topological polar surface area (TPSA) is 49.8 Å². The second-order valence-corrected chi connectivity index (χ2v) is 7.01. The summed E-state index contributed by atoms with van der Waals surface area (Å²) in [6.45, 7) is 4.14. The minimum absolute atomic E-state index is 0.0917. The lowest BCUT2D eigenvalue weighted by atomic mass is 9.74. The fraction of sp³-hybridized carbons (Fsp3) is 0.533. The van der Waals surface area contributed by atoms with Gasteiger partial charge in [-0.2, -0.15) is 0 Å². The second kappa shape index (κ2) is 5.18. The molecule has 3 rings (SSSR count). The van der Waals surface area contributed by atoms with E-state index < -0.39 is 12.0 Å². The highest BCUT2D eigenvalue weighted by atomic mass is 127. The van der Waals surface area contributed by atoms with E-state index >= 15 is 0 Å². The van der Waals surface area contributed by atoms with Gasteiger partial charge in [0.25, 0.3) is 0 Å². The molecule has 2 heterocycles. The summed E-state index contributed by atoms with van der Waals surface area (Å²) in [6, 6.07) is 6.00. The number of likely N-dealkylation sites (tertiary alicyclic amines) is 1. The highest BCUT2D eigenvalue weighted by Gasteiger charge is 2.44. The highest BCUT2D eigenvalue weighted by Crippen LogP contribution is 2.46. The third-order valence-corrected chi connectivity index (χ3v) is 5.35. The molecule has 0 saturated carbocycles. The molecule has 0 bridgehead atoms. The van der Waals surface area contributed by atoms with Crippen LogP contribution < -0.4 is 4.74 Å². The van der Waals surface area contributed by atoms with Crippen LogP contribution in [0.15, 0.2) is 18.2 Å². The van der Waals surface area contributed by atoms with Crippen molar-refractivity contribution in [3.63, 3.8) is 0 Å². The van der Waals surface area contributed by atoms with Gasteiger partial charge in [0, 0.05) is 14.5 Å². The van der Waals surface area contributed by atoms with E-state index in [1.54, 1.807) is 6.92 Å². The Labute approximate surface area is 132 Å². The molecule has 1 aromatic carbocycles. The number of benzene rings is 1. The quantitative estimate of drug-likeness (QED) is 0.793. The van der Waals surface area contributed by atoms with E-state index in [1.165, 1.54) is 9.13 Å². The van der Waals surface area contributed by atoms with Crippen LogP contribution in [0.4, 0.5) is 0 Å². The van der Waals surface area contributed by atoms with Crippen LogP contribution in [0.5, 0.6) is 5.75 Å². The van der Waals surface area contributed by atoms with Gasteiger partial charge >= 0.3 is 5.97 Å². The number of piperidine rings is 1.